The van der Waals surface area contributed by atoms with E-state index in [0.29, 0.717) is 11.3 Å². The third-order valence-electron chi connectivity index (χ3n) is 2.74. The molecule has 0 fully saturated rings. The van der Waals surface area contributed by atoms with Crippen LogP contribution >= 0.6 is 0 Å². The van der Waals surface area contributed by atoms with Crippen LogP contribution in [0.5, 0.6) is 0 Å². The third-order valence-corrected chi connectivity index (χ3v) is 2.74. The highest BCUT2D eigenvalue weighted by molar-refractivity contribution is 5.94. The van der Waals surface area contributed by atoms with Gasteiger partial charge in [0.25, 0.3) is 5.69 Å². The minimum absolute atomic E-state index is 0.182. The van der Waals surface area contributed by atoms with Crippen molar-refractivity contribution in [1.29, 1.82) is 0 Å². The average Bonchev–Trinajstić information content (AvgIpc) is 2.52. The first-order chi connectivity index (χ1) is 10.8. The normalized spacial score (nSPS) is 11.1. The van der Waals surface area contributed by atoms with Gasteiger partial charge in [0.1, 0.15) is 11.2 Å². The zero-order valence-electron chi connectivity index (χ0n) is 13.0. The van der Waals surface area contributed by atoms with Gasteiger partial charge in [-0.15, -0.1) is 0 Å². The molecule has 0 atom stereocenters. The molecular weight excluding hydrogens is 300 g/mol. The molecule has 0 aliphatic heterocycles. The molecule has 0 N–H and O–H groups in total. The van der Waals surface area contributed by atoms with Crippen LogP contribution in [-0.4, -0.2) is 21.5 Å². The van der Waals surface area contributed by atoms with Gasteiger partial charge in [0.15, 0.2) is 0 Å². The zero-order chi connectivity index (χ0) is 17.0. The maximum absolute atomic E-state index is 12.0. The number of rotatable bonds is 4. The second-order valence-corrected chi connectivity index (χ2v) is 5.77. The van der Waals surface area contributed by atoms with Crippen molar-refractivity contribution in [3.8, 4) is 11.3 Å². The standard InChI is InChI=1S/C16H16N2O5/c1-16(2,3)23-22-15(19)12-8-7-11(10-14(12)18(20)21)13-6-4-5-9-17-13/h4-10H,1-3H3. The number of hydrogen-bond acceptors (Lipinski definition) is 6. The molecule has 0 amide bonds. The Balaban J connectivity index is 2.34. The number of hydrogen-bond donors (Lipinski definition) is 0. The minimum Gasteiger partial charge on any atom is -0.292 e. The highest BCUT2D eigenvalue weighted by atomic mass is 17.2. The number of carbonyl (C=O) groups is 1. The lowest BCUT2D eigenvalue weighted by Crippen LogP contribution is -2.22. The van der Waals surface area contributed by atoms with Crippen molar-refractivity contribution in [2.45, 2.75) is 26.4 Å². The number of nitrogens with zero attached hydrogens (tertiary/aromatic N) is 2. The second-order valence-electron chi connectivity index (χ2n) is 5.77. The molecule has 7 heteroatoms. The van der Waals surface area contributed by atoms with Crippen molar-refractivity contribution in [3.05, 3.63) is 58.3 Å². The maximum atomic E-state index is 12.0. The Bertz CT molecular complexity index is 723. The Morgan fingerprint density at radius 1 is 1.22 bits per heavy atom. The number of aromatic nitrogens is 1. The number of benzene rings is 1. The summed E-state index contributed by atoms with van der Waals surface area (Å²) >= 11 is 0. The summed E-state index contributed by atoms with van der Waals surface area (Å²) in [6.07, 6.45) is 1.58. The van der Waals surface area contributed by atoms with E-state index in [2.05, 4.69) is 9.87 Å². The Kier molecular flexibility index (Phi) is 4.71. The second kappa shape index (κ2) is 6.53. The van der Waals surface area contributed by atoms with Gasteiger partial charge in [0.2, 0.25) is 0 Å². The van der Waals surface area contributed by atoms with Crippen LogP contribution < -0.4 is 0 Å². The van der Waals surface area contributed by atoms with E-state index in [1.807, 2.05) is 0 Å². The monoisotopic (exact) mass is 316 g/mol. The molecule has 0 unspecified atom stereocenters. The van der Waals surface area contributed by atoms with E-state index in [-0.39, 0.29) is 11.3 Å². The predicted octanol–water partition coefficient (Wildman–Crippen LogP) is 3.54. The van der Waals surface area contributed by atoms with Crippen molar-refractivity contribution in [2.75, 3.05) is 0 Å². The maximum Gasteiger partial charge on any atom is 0.380 e. The van der Waals surface area contributed by atoms with Gasteiger partial charge in [0, 0.05) is 17.8 Å². The fourth-order valence-electron chi connectivity index (χ4n) is 1.76. The Hall–Kier alpha value is -2.80. The lowest BCUT2D eigenvalue weighted by Gasteiger charge is -2.16. The smallest absolute Gasteiger partial charge is 0.292 e. The highest BCUT2D eigenvalue weighted by Crippen LogP contribution is 2.27. The van der Waals surface area contributed by atoms with Crippen molar-refractivity contribution in [3.63, 3.8) is 0 Å². The largest absolute Gasteiger partial charge is 0.380 e. The lowest BCUT2D eigenvalue weighted by atomic mass is 10.1. The average molecular weight is 316 g/mol. The Morgan fingerprint density at radius 2 is 1.96 bits per heavy atom. The van der Waals surface area contributed by atoms with Crippen LogP contribution in [0.2, 0.25) is 0 Å². The molecule has 0 radical (unpaired) electrons. The molecular formula is C16H16N2O5. The summed E-state index contributed by atoms with van der Waals surface area (Å²) in [7, 11) is 0. The van der Waals surface area contributed by atoms with Crippen LogP contribution in [0.4, 0.5) is 5.69 Å². The fourth-order valence-corrected chi connectivity index (χ4v) is 1.76. The summed E-state index contributed by atoms with van der Waals surface area (Å²) < 4.78 is 0. The van der Waals surface area contributed by atoms with Crippen LogP contribution in [0.1, 0.15) is 31.1 Å². The summed E-state index contributed by atoms with van der Waals surface area (Å²) in [5.41, 5.74) is -0.153. The van der Waals surface area contributed by atoms with E-state index in [1.165, 1.54) is 12.1 Å². The predicted molar refractivity (Wildman–Crippen MR) is 82.6 cm³/mol. The summed E-state index contributed by atoms with van der Waals surface area (Å²) in [5, 5.41) is 11.2. The molecule has 0 bridgehead atoms. The molecule has 1 aromatic heterocycles. The van der Waals surface area contributed by atoms with E-state index in [4.69, 9.17) is 4.89 Å². The number of carbonyl (C=O) groups excluding carboxylic acids is 1. The number of nitro benzene ring substituents is 1. The molecule has 0 aliphatic rings. The molecule has 0 spiro atoms. The first kappa shape index (κ1) is 16.6. The third kappa shape index (κ3) is 4.33. The quantitative estimate of drug-likeness (QED) is 0.486. The van der Waals surface area contributed by atoms with E-state index >= 15 is 0 Å². The van der Waals surface area contributed by atoms with Gasteiger partial charge >= 0.3 is 5.97 Å². The summed E-state index contributed by atoms with van der Waals surface area (Å²) in [6, 6.07) is 9.43. The van der Waals surface area contributed by atoms with Crippen molar-refractivity contribution in [2.24, 2.45) is 0 Å². The molecule has 2 aromatic rings. The topological polar surface area (TPSA) is 91.6 Å². The zero-order valence-corrected chi connectivity index (χ0v) is 13.0. The van der Waals surface area contributed by atoms with E-state index in [0.717, 1.165) is 0 Å². The van der Waals surface area contributed by atoms with E-state index < -0.39 is 16.5 Å². The van der Waals surface area contributed by atoms with E-state index in [9.17, 15) is 14.9 Å². The molecule has 2 rings (SSSR count). The van der Waals surface area contributed by atoms with Gasteiger partial charge in [-0.05, 0) is 39.0 Å². The number of nitro groups is 1. The van der Waals surface area contributed by atoms with Gasteiger partial charge in [-0.2, -0.15) is 4.89 Å². The van der Waals surface area contributed by atoms with Crippen LogP contribution in [0, 0.1) is 10.1 Å². The molecule has 7 nitrogen and oxygen atoms in total. The Labute approximate surface area is 133 Å². The molecule has 120 valence electrons. The van der Waals surface area contributed by atoms with Crippen LogP contribution in [0.3, 0.4) is 0 Å². The summed E-state index contributed by atoms with van der Waals surface area (Å²) in [4.78, 5) is 36.3. The molecule has 1 heterocycles. The van der Waals surface area contributed by atoms with Gasteiger partial charge in [0.05, 0.1) is 10.6 Å². The van der Waals surface area contributed by atoms with Crippen LogP contribution in [0.25, 0.3) is 11.3 Å². The fraction of sp³-hybridized carbons (Fsp3) is 0.250. The molecule has 0 saturated heterocycles. The van der Waals surface area contributed by atoms with Gasteiger partial charge in [-0.3, -0.25) is 20.0 Å². The summed E-state index contributed by atoms with van der Waals surface area (Å²) in [5.74, 6) is -0.917. The van der Waals surface area contributed by atoms with Crippen molar-refractivity contribution in [1.82, 2.24) is 4.98 Å². The first-order valence-corrected chi connectivity index (χ1v) is 6.88. The van der Waals surface area contributed by atoms with Crippen LogP contribution in [-0.2, 0) is 9.78 Å². The number of pyridine rings is 1. The van der Waals surface area contributed by atoms with Crippen molar-refractivity contribution < 1.29 is 19.5 Å². The minimum atomic E-state index is -0.917. The van der Waals surface area contributed by atoms with Gasteiger partial charge in [-0.1, -0.05) is 12.1 Å². The van der Waals surface area contributed by atoms with Gasteiger partial charge < -0.3 is 0 Å². The van der Waals surface area contributed by atoms with E-state index in [1.54, 1.807) is 51.2 Å². The SMILES string of the molecule is CC(C)(C)OOC(=O)c1ccc(-c2ccccn2)cc1[N+](=O)[O-]. The molecule has 0 saturated carbocycles. The summed E-state index contributed by atoms with van der Waals surface area (Å²) in [6.45, 7) is 5.08. The molecule has 23 heavy (non-hydrogen) atoms. The van der Waals surface area contributed by atoms with Gasteiger partial charge in [-0.25, -0.2) is 4.79 Å². The molecule has 0 aliphatic carbocycles. The van der Waals surface area contributed by atoms with Crippen molar-refractivity contribution >= 4 is 11.7 Å². The first-order valence-electron chi connectivity index (χ1n) is 6.88. The molecule has 1 aromatic carbocycles. The van der Waals surface area contributed by atoms with Crippen LogP contribution in [0.15, 0.2) is 42.6 Å². The lowest BCUT2D eigenvalue weighted by molar-refractivity contribution is -0.385. The Morgan fingerprint density at radius 3 is 2.52 bits per heavy atom. The highest BCUT2D eigenvalue weighted by Gasteiger charge is 2.25.